The molecule has 0 aromatic carbocycles. The fourth-order valence-electron chi connectivity index (χ4n) is 0.558. The molecule has 0 aliphatic rings. The second-order valence-electron chi connectivity index (χ2n) is 2.25. The molecule has 0 unspecified atom stereocenters. The van der Waals surface area contributed by atoms with Crippen molar-refractivity contribution in [1.29, 1.82) is 0 Å². The van der Waals surface area contributed by atoms with Crippen LogP contribution in [0.2, 0.25) is 0 Å². The quantitative estimate of drug-likeness (QED) is 0.300. The van der Waals surface area contributed by atoms with Gasteiger partial charge in [-0.25, -0.2) is 0 Å². The van der Waals surface area contributed by atoms with Crippen LogP contribution >= 0.6 is 0 Å². The third-order valence-corrected chi connectivity index (χ3v) is 0.999. The summed E-state index contributed by atoms with van der Waals surface area (Å²) >= 11 is 0. The van der Waals surface area contributed by atoms with Crippen LogP contribution in [0.1, 0.15) is 33.6 Å². The van der Waals surface area contributed by atoms with Crippen LogP contribution in [0.3, 0.4) is 0 Å². The minimum atomic E-state index is 1.00. The maximum atomic E-state index is 3.01. The Hall–Kier alpha value is -0.700. The van der Waals surface area contributed by atoms with Gasteiger partial charge in [-0.2, -0.15) is 0 Å². The van der Waals surface area contributed by atoms with Gasteiger partial charge in [0, 0.05) is 6.42 Å². The maximum Gasteiger partial charge on any atom is 0.0123 e. The van der Waals surface area contributed by atoms with E-state index in [9.17, 15) is 0 Å². The van der Waals surface area contributed by atoms with Crippen LogP contribution < -0.4 is 0 Å². The van der Waals surface area contributed by atoms with Gasteiger partial charge >= 0.3 is 0 Å². The topological polar surface area (TPSA) is 0 Å². The van der Waals surface area contributed by atoms with E-state index in [2.05, 4.69) is 31.8 Å². The fourth-order valence-corrected chi connectivity index (χ4v) is 0.558. The van der Waals surface area contributed by atoms with Crippen molar-refractivity contribution in [2.45, 2.75) is 33.6 Å². The highest BCUT2D eigenvalue weighted by atomic mass is 13.8. The summed E-state index contributed by atoms with van der Waals surface area (Å²) in [5.41, 5.74) is 1.38. The monoisotopic (exact) mass is 122 g/mol. The molecular formula is C9H14. The SMILES string of the molecule is CC#CCCC=C(C)C. The second kappa shape index (κ2) is 5.44. The Labute approximate surface area is 58.0 Å². The van der Waals surface area contributed by atoms with Crippen molar-refractivity contribution in [1.82, 2.24) is 0 Å². The molecule has 0 bridgehead atoms. The van der Waals surface area contributed by atoms with Crippen LogP contribution in [0.25, 0.3) is 0 Å². The summed E-state index contributed by atoms with van der Waals surface area (Å²) in [4.78, 5) is 0. The average Bonchev–Trinajstić information content (AvgIpc) is 1.80. The Morgan fingerprint density at radius 3 is 2.56 bits per heavy atom. The molecule has 0 aromatic heterocycles. The van der Waals surface area contributed by atoms with Crippen molar-refractivity contribution in [3.63, 3.8) is 0 Å². The van der Waals surface area contributed by atoms with Crippen LogP contribution in [-0.4, -0.2) is 0 Å². The first-order chi connectivity index (χ1) is 4.27. The highest BCUT2D eigenvalue weighted by Crippen LogP contribution is 1.94. The molecule has 0 radical (unpaired) electrons. The Bertz CT molecular complexity index is 137. The van der Waals surface area contributed by atoms with Crippen LogP contribution in [0.5, 0.6) is 0 Å². The van der Waals surface area contributed by atoms with E-state index in [1.165, 1.54) is 5.57 Å². The highest BCUT2D eigenvalue weighted by molar-refractivity contribution is 5.00. The largest absolute Gasteiger partial charge is 0.107 e. The number of hydrogen-bond acceptors (Lipinski definition) is 0. The van der Waals surface area contributed by atoms with E-state index in [-0.39, 0.29) is 0 Å². The van der Waals surface area contributed by atoms with Gasteiger partial charge in [-0.1, -0.05) is 11.6 Å². The van der Waals surface area contributed by atoms with E-state index in [1.807, 2.05) is 6.92 Å². The average molecular weight is 122 g/mol. The van der Waals surface area contributed by atoms with E-state index in [1.54, 1.807) is 0 Å². The first-order valence-electron chi connectivity index (χ1n) is 3.30. The molecule has 0 aromatic rings. The smallest absolute Gasteiger partial charge is 0.0123 e. The number of hydrogen-bond donors (Lipinski definition) is 0. The molecule has 0 atom stereocenters. The van der Waals surface area contributed by atoms with Crippen LogP contribution in [0, 0.1) is 11.8 Å². The molecule has 0 nitrogen and oxygen atoms in total. The highest BCUT2D eigenvalue weighted by Gasteiger charge is 1.76. The van der Waals surface area contributed by atoms with E-state index < -0.39 is 0 Å². The minimum Gasteiger partial charge on any atom is -0.107 e. The lowest BCUT2D eigenvalue weighted by Gasteiger charge is -1.85. The Morgan fingerprint density at radius 2 is 2.11 bits per heavy atom. The van der Waals surface area contributed by atoms with E-state index in [0.29, 0.717) is 0 Å². The van der Waals surface area contributed by atoms with Crippen LogP contribution in [-0.2, 0) is 0 Å². The molecule has 0 heteroatoms. The normalized spacial score (nSPS) is 7.44. The molecular weight excluding hydrogens is 108 g/mol. The molecule has 9 heavy (non-hydrogen) atoms. The first kappa shape index (κ1) is 8.30. The Kier molecular flexibility index (Phi) is 5.01. The second-order valence-corrected chi connectivity index (χ2v) is 2.25. The van der Waals surface area contributed by atoms with Crippen molar-refractivity contribution in [3.8, 4) is 11.8 Å². The van der Waals surface area contributed by atoms with Gasteiger partial charge in [-0.05, 0) is 27.2 Å². The number of rotatable bonds is 2. The van der Waals surface area contributed by atoms with Crippen molar-refractivity contribution < 1.29 is 0 Å². The van der Waals surface area contributed by atoms with Gasteiger partial charge < -0.3 is 0 Å². The van der Waals surface area contributed by atoms with Gasteiger partial charge in [0.15, 0.2) is 0 Å². The lowest BCUT2D eigenvalue weighted by molar-refractivity contribution is 1.06. The molecule has 0 N–H and O–H groups in total. The molecule has 0 saturated heterocycles. The molecule has 0 rings (SSSR count). The Morgan fingerprint density at radius 1 is 1.44 bits per heavy atom. The third kappa shape index (κ3) is 7.30. The molecule has 0 spiro atoms. The standard InChI is InChI=1S/C9H14/c1-4-5-6-7-8-9(2)3/h8H,6-7H2,1-3H3. The van der Waals surface area contributed by atoms with Gasteiger partial charge in [0.05, 0.1) is 0 Å². The summed E-state index contributed by atoms with van der Waals surface area (Å²) in [6.07, 6.45) is 4.31. The summed E-state index contributed by atoms with van der Waals surface area (Å²) in [6, 6.07) is 0. The van der Waals surface area contributed by atoms with E-state index in [0.717, 1.165) is 12.8 Å². The minimum absolute atomic E-state index is 1.00. The summed E-state index contributed by atoms with van der Waals surface area (Å²) in [7, 11) is 0. The molecule has 0 heterocycles. The zero-order valence-corrected chi connectivity index (χ0v) is 6.49. The van der Waals surface area contributed by atoms with Crippen molar-refractivity contribution in [3.05, 3.63) is 11.6 Å². The van der Waals surface area contributed by atoms with Gasteiger partial charge in [0.2, 0.25) is 0 Å². The van der Waals surface area contributed by atoms with Gasteiger partial charge in [-0.15, -0.1) is 11.8 Å². The van der Waals surface area contributed by atoms with Gasteiger partial charge in [0.1, 0.15) is 0 Å². The maximum absolute atomic E-state index is 3.01. The van der Waals surface area contributed by atoms with Crippen molar-refractivity contribution in [2.24, 2.45) is 0 Å². The van der Waals surface area contributed by atoms with E-state index in [4.69, 9.17) is 0 Å². The number of allylic oxidation sites excluding steroid dienone is 2. The molecule has 0 aliphatic heterocycles. The number of unbranched alkanes of at least 4 members (excludes halogenated alkanes) is 1. The molecule has 0 saturated carbocycles. The summed E-state index contributed by atoms with van der Waals surface area (Å²) < 4.78 is 0. The summed E-state index contributed by atoms with van der Waals surface area (Å²) in [6.45, 7) is 6.10. The first-order valence-corrected chi connectivity index (χ1v) is 3.30. The molecule has 0 amide bonds. The summed E-state index contributed by atoms with van der Waals surface area (Å²) in [5, 5.41) is 0. The summed E-state index contributed by atoms with van der Waals surface area (Å²) in [5.74, 6) is 5.87. The zero-order chi connectivity index (χ0) is 7.11. The van der Waals surface area contributed by atoms with Crippen molar-refractivity contribution in [2.75, 3.05) is 0 Å². The van der Waals surface area contributed by atoms with Gasteiger partial charge in [-0.3, -0.25) is 0 Å². The van der Waals surface area contributed by atoms with Crippen LogP contribution in [0.4, 0.5) is 0 Å². The lowest BCUT2D eigenvalue weighted by atomic mass is 10.2. The third-order valence-electron chi connectivity index (χ3n) is 0.999. The van der Waals surface area contributed by atoms with Crippen LogP contribution in [0.15, 0.2) is 11.6 Å². The predicted molar refractivity (Wildman–Crippen MR) is 42.1 cm³/mol. The van der Waals surface area contributed by atoms with Gasteiger partial charge in [0.25, 0.3) is 0 Å². The fraction of sp³-hybridized carbons (Fsp3) is 0.556. The van der Waals surface area contributed by atoms with Crippen molar-refractivity contribution >= 4 is 0 Å². The molecule has 0 fully saturated rings. The zero-order valence-electron chi connectivity index (χ0n) is 6.49. The molecule has 50 valence electrons. The molecule has 0 aliphatic carbocycles. The Balaban J connectivity index is 3.27. The van der Waals surface area contributed by atoms with E-state index >= 15 is 0 Å². The lowest BCUT2D eigenvalue weighted by Crippen LogP contribution is -1.67. The predicted octanol–water partition coefficient (Wildman–Crippen LogP) is 2.76.